The van der Waals surface area contributed by atoms with Crippen LogP contribution < -0.4 is 10.6 Å². The highest BCUT2D eigenvalue weighted by molar-refractivity contribution is 9.11. The van der Waals surface area contributed by atoms with Crippen molar-refractivity contribution in [2.75, 3.05) is 13.1 Å². The molecule has 0 aromatic heterocycles. The number of hydrogen-bond acceptors (Lipinski definition) is 2. The van der Waals surface area contributed by atoms with Gasteiger partial charge in [0.2, 0.25) is 0 Å². The van der Waals surface area contributed by atoms with Gasteiger partial charge in [-0.3, -0.25) is 0 Å². The average molecular weight is 350 g/mol. The molecule has 1 unspecified atom stereocenters. The fourth-order valence-electron chi connectivity index (χ4n) is 1.38. The fraction of sp³-hybridized carbons (Fsp3) is 0.500. The summed E-state index contributed by atoms with van der Waals surface area (Å²) in [5, 5.41) is 6.81. The van der Waals surface area contributed by atoms with Gasteiger partial charge in [-0.2, -0.15) is 0 Å². The molecule has 4 heteroatoms. The van der Waals surface area contributed by atoms with E-state index in [-0.39, 0.29) is 0 Å². The number of likely N-dealkylation sites (N-methyl/N-ethyl adjacent to an activating group) is 1. The first-order valence-electron chi connectivity index (χ1n) is 5.51. The third-order valence-electron chi connectivity index (χ3n) is 2.36. The number of halogens is 2. The first kappa shape index (κ1) is 14.2. The number of benzene rings is 1. The van der Waals surface area contributed by atoms with Crippen molar-refractivity contribution in [1.82, 2.24) is 10.6 Å². The van der Waals surface area contributed by atoms with Gasteiger partial charge in [-0.15, -0.1) is 0 Å². The molecule has 16 heavy (non-hydrogen) atoms. The number of hydrogen-bond donors (Lipinski definition) is 2. The second-order valence-electron chi connectivity index (χ2n) is 3.83. The van der Waals surface area contributed by atoms with Gasteiger partial charge < -0.3 is 10.6 Å². The van der Waals surface area contributed by atoms with Crippen LogP contribution >= 0.6 is 31.9 Å². The highest BCUT2D eigenvalue weighted by atomic mass is 79.9. The normalized spacial score (nSPS) is 12.8. The van der Waals surface area contributed by atoms with Crippen LogP contribution in [0.4, 0.5) is 0 Å². The quantitative estimate of drug-likeness (QED) is 0.823. The molecular formula is C12H18Br2N2. The highest BCUT2D eigenvalue weighted by Gasteiger charge is 2.03. The van der Waals surface area contributed by atoms with Crippen molar-refractivity contribution in [3.63, 3.8) is 0 Å². The van der Waals surface area contributed by atoms with Crippen molar-refractivity contribution in [3.8, 4) is 0 Å². The molecule has 0 fully saturated rings. The van der Waals surface area contributed by atoms with E-state index in [9.17, 15) is 0 Å². The fourth-order valence-corrected chi connectivity index (χ4v) is 2.57. The molecule has 0 aliphatic rings. The van der Waals surface area contributed by atoms with Crippen molar-refractivity contribution >= 4 is 31.9 Å². The Morgan fingerprint density at radius 1 is 1.31 bits per heavy atom. The van der Waals surface area contributed by atoms with E-state index in [2.05, 4.69) is 74.5 Å². The van der Waals surface area contributed by atoms with Crippen LogP contribution in [0.15, 0.2) is 27.1 Å². The van der Waals surface area contributed by atoms with E-state index in [4.69, 9.17) is 0 Å². The zero-order valence-electron chi connectivity index (χ0n) is 9.69. The Bertz CT molecular complexity index is 329. The second-order valence-corrected chi connectivity index (χ2v) is 5.60. The van der Waals surface area contributed by atoms with Gasteiger partial charge in [0.1, 0.15) is 0 Å². The van der Waals surface area contributed by atoms with Gasteiger partial charge in [-0.1, -0.05) is 44.8 Å². The van der Waals surface area contributed by atoms with Crippen LogP contribution in [0.25, 0.3) is 0 Å². The molecule has 0 radical (unpaired) electrons. The van der Waals surface area contributed by atoms with Gasteiger partial charge in [-0.05, 0) is 31.2 Å². The molecule has 1 atom stereocenters. The summed E-state index contributed by atoms with van der Waals surface area (Å²) >= 11 is 7.01. The van der Waals surface area contributed by atoms with E-state index in [1.54, 1.807) is 0 Å². The summed E-state index contributed by atoms with van der Waals surface area (Å²) in [7, 11) is 0. The largest absolute Gasteiger partial charge is 0.315 e. The maximum absolute atomic E-state index is 3.56. The SMILES string of the molecule is CCNCC(C)NCc1ccc(Br)cc1Br. The minimum absolute atomic E-state index is 0.482. The Morgan fingerprint density at radius 2 is 2.06 bits per heavy atom. The van der Waals surface area contributed by atoms with E-state index in [0.717, 1.165) is 28.6 Å². The number of nitrogens with one attached hydrogen (secondary N) is 2. The van der Waals surface area contributed by atoms with Crippen LogP contribution in [0.2, 0.25) is 0 Å². The van der Waals surface area contributed by atoms with Crippen molar-refractivity contribution in [2.24, 2.45) is 0 Å². The first-order chi connectivity index (χ1) is 7.63. The molecule has 90 valence electrons. The highest BCUT2D eigenvalue weighted by Crippen LogP contribution is 2.21. The Morgan fingerprint density at radius 3 is 2.69 bits per heavy atom. The molecule has 0 saturated heterocycles. The molecule has 0 spiro atoms. The zero-order valence-corrected chi connectivity index (χ0v) is 12.9. The molecule has 0 heterocycles. The molecule has 1 aromatic carbocycles. The molecule has 2 nitrogen and oxygen atoms in total. The summed E-state index contributed by atoms with van der Waals surface area (Å²) in [6, 6.07) is 6.75. The molecule has 0 saturated carbocycles. The Labute approximate surface area is 114 Å². The maximum atomic E-state index is 3.56. The molecule has 0 aliphatic heterocycles. The Kier molecular flexibility index (Phi) is 6.58. The zero-order chi connectivity index (χ0) is 12.0. The van der Waals surface area contributed by atoms with Gasteiger partial charge in [0, 0.05) is 28.1 Å². The standard InChI is InChI=1S/C12H18Br2N2/c1-3-15-7-9(2)16-8-10-4-5-11(13)6-12(10)14/h4-6,9,15-16H,3,7-8H2,1-2H3. The van der Waals surface area contributed by atoms with E-state index >= 15 is 0 Å². The summed E-state index contributed by atoms with van der Waals surface area (Å²) in [6.45, 7) is 7.23. The van der Waals surface area contributed by atoms with Gasteiger partial charge >= 0.3 is 0 Å². The summed E-state index contributed by atoms with van der Waals surface area (Å²) in [5.74, 6) is 0. The van der Waals surface area contributed by atoms with E-state index in [0.29, 0.717) is 6.04 Å². The van der Waals surface area contributed by atoms with Crippen molar-refractivity contribution in [2.45, 2.75) is 26.4 Å². The molecular weight excluding hydrogens is 332 g/mol. The third kappa shape index (κ3) is 4.95. The molecule has 0 amide bonds. The van der Waals surface area contributed by atoms with Crippen LogP contribution in [0.1, 0.15) is 19.4 Å². The lowest BCUT2D eigenvalue weighted by atomic mass is 10.2. The maximum Gasteiger partial charge on any atom is 0.0231 e. The van der Waals surface area contributed by atoms with E-state index in [1.807, 2.05) is 0 Å². The Hall–Kier alpha value is 0.1000. The molecule has 2 N–H and O–H groups in total. The lowest BCUT2D eigenvalue weighted by Gasteiger charge is -2.14. The minimum Gasteiger partial charge on any atom is -0.315 e. The summed E-state index contributed by atoms with van der Waals surface area (Å²) in [5.41, 5.74) is 1.28. The smallest absolute Gasteiger partial charge is 0.0231 e. The van der Waals surface area contributed by atoms with Gasteiger partial charge in [0.15, 0.2) is 0 Å². The molecule has 0 bridgehead atoms. The second kappa shape index (κ2) is 7.43. The van der Waals surface area contributed by atoms with Crippen LogP contribution in [-0.2, 0) is 6.54 Å². The third-order valence-corrected chi connectivity index (χ3v) is 3.59. The molecule has 0 aliphatic carbocycles. The van der Waals surface area contributed by atoms with Gasteiger partial charge in [0.05, 0.1) is 0 Å². The van der Waals surface area contributed by atoms with Crippen LogP contribution in [0.5, 0.6) is 0 Å². The number of rotatable bonds is 6. The van der Waals surface area contributed by atoms with Gasteiger partial charge in [-0.25, -0.2) is 0 Å². The lowest BCUT2D eigenvalue weighted by Crippen LogP contribution is -2.35. The van der Waals surface area contributed by atoms with Crippen LogP contribution in [0, 0.1) is 0 Å². The predicted octanol–water partition coefficient (Wildman–Crippen LogP) is 3.30. The molecule has 1 aromatic rings. The van der Waals surface area contributed by atoms with Crippen LogP contribution in [-0.4, -0.2) is 19.1 Å². The van der Waals surface area contributed by atoms with Crippen LogP contribution in [0.3, 0.4) is 0 Å². The average Bonchev–Trinajstić information content (AvgIpc) is 2.25. The van der Waals surface area contributed by atoms with E-state index < -0.39 is 0 Å². The predicted molar refractivity (Wildman–Crippen MR) is 76.7 cm³/mol. The Balaban J connectivity index is 2.42. The first-order valence-corrected chi connectivity index (χ1v) is 7.10. The topological polar surface area (TPSA) is 24.1 Å². The monoisotopic (exact) mass is 348 g/mol. The lowest BCUT2D eigenvalue weighted by molar-refractivity contribution is 0.508. The van der Waals surface area contributed by atoms with E-state index in [1.165, 1.54) is 5.56 Å². The van der Waals surface area contributed by atoms with Crippen molar-refractivity contribution < 1.29 is 0 Å². The minimum atomic E-state index is 0.482. The van der Waals surface area contributed by atoms with Crippen molar-refractivity contribution in [3.05, 3.63) is 32.7 Å². The molecule has 1 rings (SSSR count). The summed E-state index contributed by atoms with van der Waals surface area (Å²) in [6.07, 6.45) is 0. The summed E-state index contributed by atoms with van der Waals surface area (Å²) in [4.78, 5) is 0. The van der Waals surface area contributed by atoms with Crippen molar-refractivity contribution in [1.29, 1.82) is 0 Å². The van der Waals surface area contributed by atoms with Gasteiger partial charge in [0.25, 0.3) is 0 Å². The summed E-state index contributed by atoms with van der Waals surface area (Å²) < 4.78 is 2.24.